The van der Waals surface area contributed by atoms with Crippen LogP contribution in [0.5, 0.6) is 5.75 Å². The Labute approximate surface area is 446 Å². The summed E-state index contributed by atoms with van der Waals surface area (Å²) in [6, 6.07) is 33.6. The third kappa shape index (κ3) is 14.9. The van der Waals surface area contributed by atoms with Crippen molar-refractivity contribution in [3.8, 4) is 5.75 Å². The average molecular weight is 1050 g/mol. The predicted octanol–water partition coefficient (Wildman–Crippen LogP) is 3.37. The van der Waals surface area contributed by atoms with E-state index < -0.39 is 83.9 Å². The first-order valence-corrected chi connectivity index (χ1v) is 26.0. The number of carbonyl (C=O) groups is 7. The van der Waals surface area contributed by atoms with Gasteiger partial charge in [0.1, 0.15) is 54.7 Å². The Balaban J connectivity index is 1.19. The predicted molar refractivity (Wildman–Crippen MR) is 288 cm³/mol. The van der Waals surface area contributed by atoms with E-state index in [2.05, 4.69) is 36.9 Å². The molecule has 2 aliphatic rings. The van der Waals surface area contributed by atoms with Crippen LogP contribution in [0.3, 0.4) is 0 Å². The van der Waals surface area contributed by atoms with Crippen molar-refractivity contribution in [1.82, 2.24) is 41.8 Å². The number of aromatic nitrogens is 1. The molecule has 1 unspecified atom stereocenters. The van der Waals surface area contributed by atoms with Crippen LogP contribution in [0.1, 0.15) is 59.5 Å². The summed E-state index contributed by atoms with van der Waals surface area (Å²) in [6.45, 7) is 0.617. The van der Waals surface area contributed by atoms with Crippen LogP contribution in [0.15, 0.2) is 146 Å². The maximum Gasteiger partial charge on any atom is 0.407 e. The molecule has 0 radical (unpaired) electrons. The number of nitrogens with two attached hydrogens (primary N) is 2. The van der Waals surface area contributed by atoms with Crippen LogP contribution in [-0.4, -0.2) is 114 Å². The van der Waals surface area contributed by atoms with Crippen molar-refractivity contribution in [3.05, 3.63) is 174 Å². The minimum atomic E-state index is -1.42. The third-order valence-electron chi connectivity index (χ3n) is 13.7. The van der Waals surface area contributed by atoms with Gasteiger partial charge in [-0.15, -0.1) is 0 Å². The molecular formula is C58H66N10O9. The fraction of sp³-hybridized carbons (Fsp3) is 0.328. The highest BCUT2D eigenvalue weighted by atomic mass is 16.6. The van der Waals surface area contributed by atoms with Crippen molar-refractivity contribution in [2.75, 3.05) is 26.2 Å². The first-order chi connectivity index (χ1) is 37.5. The average Bonchev–Trinajstić information content (AvgIpc) is 4.08. The molecule has 19 heteroatoms. The standard InChI is InChI=1S/C58H66N10O9/c59-27-13-12-22-46-52(69)64-47(30-38-23-25-42(26-24-38)76-36-39-16-6-2-7-17-39)53(70)66-49(31-37-14-4-1-5-15-37)57(74)68-35-43(77-58(75)61-29-28-60)33-50(68)55(72)67-51(40-18-8-3-9-19-40)56(73)65-48(54(71)63-46)32-41-34-62-45-21-11-10-20-44(41)45/h1-11,14-21,23-26,34,43,46-51,62H,12-13,22,27-33,35-36,59-60H2,(H,61,75)(H,63,71)(H,64,69)(H,65,73)(H,66,70)(H,67,72)/t43?,46-,47-,48+,49-,50-,51-/m0/s1. The number of alkyl carbamates (subject to hydrolysis) is 1. The second-order valence-corrected chi connectivity index (χ2v) is 19.2. The van der Waals surface area contributed by atoms with Crippen LogP contribution in [-0.2, 0) is 59.4 Å². The molecular weight excluding hydrogens is 981 g/mol. The molecule has 19 nitrogen and oxygen atoms in total. The lowest BCUT2D eigenvalue weighted by atomic mass is 9.99. The molecule has 0 bridgehead atoms. The number of ether oxygens (including phenoxy) is 2. The third-order valence-corrected chi connectivity index (χ3v) is 13.7. The van der Waals surface area contributed by atoms with Gasteiger partial charge < -0.3 is 62.7 Å². The van der Waals surface area contributed by atoms with Gasteiger partial charge in [-0.25, -0.2) is 4.79 Å². The van der Waals surface area contributed by atoms with Gasteiger partial charge >= 0.3 is 6.09 Å². The highest BCUT2D eigenvalue weighted by molar-refractivity contribution is 5.99. The zero-order valence-corrected chi connectivity index (χ0v) is 42.7. The van der Waals surface area contributed by atoms with Crippen molar-refractivity contribution in [3.63, 3.8) is 0 Å². The molecule has 0 saturated carbocycles. The van der Waals surface area contributed by atoms with E-state index in [-0.39, 0.29) is 51.7 Å². The lowest BCUT2D eigenvalue weighted by Crippen LogP contribution is -2.61. The Morgan fingerprint density at radius 1 is 0.584 bits per heavy atom. The lowest BCUT2D eigenvalue weighted by Gasteiger charge is -2.32. The van der Waals surface area contributed by atoms with Gasteiger partial charge in [-0.3, -0.25) is 28.8 Å². The summed E-state index contributed by atoms with van der Waals surface area (Å²) < 4.78 is 11.8. The van der Waals surface area contributed by atoms with Gasteiger partial charge in [-0.1, -0.05) is 121 Å². The summed E-state index contributed by atoms with van der Waals surface area (Å²) in [7, 11) is 0. The summed E-state index contributed by atoms with van der Waals surface area (Å²) in [5.41, 5.74) is 15.7. The fourth-order valence-electron chi connectivity index (χ4n) is 9.65. The van der Waals surface area contributed by atoms with Crippen LogP contribution in [0.4, 0.5) is 4.79 Å². The highest BCUT2D eigenvalue weighted by Gasteiger charge is 2.45. The molecule has 2 fully saturated rings. The van der Waals surface area contributed by atoms with Gasteiger partial charge in [0.15, 0.2) is 0 Å². The molecule has 8 rings (SSSR count). The van der Waals surface area contributed by atoms with Crippen molar-refractivity contribution >= 4 is 52.4 Å². The number of fused-ring (bicyclic) bond motifs is 2. The van der Waals surface area contributed by atoms with E-state index in [1.807, 2.05) is 60.7 Å². The first-order valence-electron chi connectivity index (χ1n) is 26.0. The van der Waals surface area contributed by atoms with Crippen LogP contribution < -0.4 is 48.1 Å². The Morgan fingerprint density at radius 3 is 1.87 bits per heavy atom. The van der Waals surface area contributed by atoms with E-state index in [0.29, 0.717) is 54.0 Å². The topological polar surface area (TPSA) is 281 Å². The Kier molecular flexibility index (Phi) is 19.0. The number of aromatic amines is 1. The molecule has 11 N–H and O–H groups in total. The van der Waals surface area contributed by atoms with Crippen LogP contribution in [0.2, 0.25) is 0 Å². The molecule has 402 valence electrons. The lowest BCUT2D eigenvalue weighted by molar-refractivity contribution is -0.143. The smallest absolute Gasteiger partial charge is 0.407 e. The molecule has 6 aromatic rings. The molecule has 0 aliphatic carbocycles. The Bertz CT molecular complexity index is 2960. The van der Waals surface area contributed by atoms with Crippen LogP contribution in [0, 0.1) is 0 Å². The minimum Gasteiger partial charge on any atom is -0.489 e. The number of benzene rings is 5. The molecule has 2 aliphatic heterocycles. The number of hydrogen-bond donors (Lipinski definition) is 9. The number of unbranched alkanes of at least 4 members (excludes halogenated alkanes) is 1. The van der Waals surface area contributed by atoms with Gasteiger partial charge in [0, 0.05) is 55.9 Å². The zero-order valence-electron chi connectivity index (χ0n) is 42.7. The Morgan fingerprint density at radius 2 is 1.17 bits per heavy atom. The van der Waals surface area contributed by atoms with E-state index in [1.165, 1.54) is 4.90 Å². The Hall–Kier alpha value is -8.55. The van der Waals surface area contributed by atoms with Crippen molar-refractivity contribution < 1.29 is 43.0 Å². The van der Waals surface area contributed by atoms with Crippen LogP contribution >= 0.6 is 0 Å². The first kappa shape index (κ1) is 54.7. The molecule has 77 heavy (non-hydrogen) atoms. The van der Waals surface area contributed by atoms with Gasteiger partial charge in [-0.2, -0.15) is 0 Å². The number of H-pyrrole nitrogens is 1. The maximum absolute atomic E-state index is 15.3. The van der Waals surface area contributed by atoms with E-state index in [9.17, 15) is 24.0 Å². The maximum atomic E-state index is 15.3. The molecule has 1 aromatic heterocycles. The quantitative estimate of drug-likeness (QED) is 0.0598. The number of rotatable bonds is 17. The SMILES string of the molecule is NCCCC[C@@H]1NC(=O)[C@@H](Cc2c[nH]c3ccccc23)NC(=O)[C@H](c2ccccc2)NC(=O)[C@@H]2CC(OC(=O)NCCN)CN2C(=O)[C@H](Cc2ccccc2)NC(=O)[C@H](Cc2ccc(OCc3ccccc3)cc2)NC1=O. The summed E-state index contributed by atoms with van der Waals surface area (Å²) in [4.78, 5) is 107. The largest absolute Gasteiger partial charge is 0.489 e. The normalized spacial score (nSPS) is 21.6. The number of nitrogens with zero attached hydrogens (tertiary/aromatic N) is 1. The van der Waals surface area contributed by atoms with Crippen molar-refractivity contribution in [2.45, 2.75) is 93.9 Å². The number of nitrogens with one attached hydrogen (secondary N) is 7. The molecule has 7 amide bonds. The van der Waals surface area contributed by atoms with Crippen molar-refractivity contribution in [2.24, 2.45) is 11.5 Å². The number of hydrogen-bond acceptors (Lipinski definition) is 11. The monoisotopic (exact) mass is 1050 g/mol. The number of para-hydroxylation sites is 1. The molecule has 0 spiro atoms. The summed E-state index contributed by atoms with van der Waals surface area (Å²) in [5, 5.41) is 17.9. The van der Waals surface area contributed by atoms with Gasteiger partial charge in [0.05, 0.1) is 6.54 Å². The van der Waals surface area contributed by atoms with E-state index in [1.54, 1.807) is 85.1 Å². The summed E-state index contributed by atoms with van der Waals surface area (Å²) >= 11 is 0. The van der Waals surface area contributed by atoms with Crippen LogP contribution in [0.25, 0.3) is 10.9 Å². The molecule has 7 atom stereocenters. The van der Waals surface area contributed by atoms with E-state index in [4.69, 9.17) is 20.9 Å². The van der Waals surface area contributed by atoms with E-state index in [0.717, 1.165) is 16.5 Å². The van der Waals surface area contributed by atoms with Gasteiger partial charge in [-0.05, 0) is 71.8 Å². The molecule has 2 saturated heterocycles. The summed E-state index contributed by atoms with van der Waals surface area (Å²) in [5.74, 6) is -3.76. The number of amides is 7. The fourth-order valence-corrected chi connectivity index (χ4v) is 9.65. The van der Waals surface area contributed by atoms with Gasteiger partial charge in [0.25, 0.3) is 0 Å². The van der Waals surface area contributed by atoms with E-state index >= 15 is 9.59 Å². The van der Waals surface area contributed by atoms with Crippen molar-refractivity contribution in [1.29, 1.82) is 0 Å². The van der Waals surface area contributed by atoms with Gasteiger partial charge in [0.2, 0.25) is 35.4 Å². The zero-order chi connectivity index (χ0) is 54.1. The second-order valence-electron chi connectivity index (χ2n) is 19.2. The molecule has 3 heterocycles. The summed E-state index contributed by atoms with van der Waals surface area (Å²) in [6.07, 6.45) is 0.652. The minimum absolute atomic E-state index is 0.0385. The molecule has 5 aromatic carbocycles. The number of carbonyl (C=O) groups excluding carboxylic acids is 7. The highest BCUT2D eigenvalue weighted by Crippen LogP contribution is 2.26. The second kappa shape index (κ2) is 26.8.